The third-order valence-electron chi connectivity index (χ3n) is 2.64. The molecule has 0 saturated carbocycles. The van der Waals surface area contributed by atoms with E-state index in [4.69, 9.17) is 14.9 Å². The Morgan fingerprint density at radius 3 is 2.29 bits per heavy atom. The van der Waals surface area contributed by atoms with Gasteiger partial charge in [-0.05, 0) is 20.8 Å². The van der Waals surface area contributed by atoms with Crippen LogP contribution in [0.1, 0.15) is 20.8 Å². The van der Waals surface area contributed by atoms with Crippen LogP contribution in [0.4, 0.5) is 4.79 Å². The van der Waals surface area contributed by atoms with Gasteiger partial charge < -0.3 is 19.8 Å². The van der Waals surface area contributed by atoms with Crippen LogP contribution >= 0.6 is 0 Å². The standard InChI is InChI=1S/C11H19NO5/c1-11(2,3)17-10(16)12-4-7(6-13)8(5-12)9(14)15/h7-8,13H,4-6H2,1-3H3,(H,14,15)/t7-,8-/m0/s1. The lowest BCUT2D eigenvalue weighted by atomic mass is 9.97. The van der Waals surface area contributed by atoms with Crippen molar-refractivity contribution in [2.45, 2.75) is 26.4 Å². The zero-order chi connectivity index (χ0) is 13.2. The number of aliphatic carboxylic acids is 1. The SMILES string of the molecule is CC(C)(C)OC(=O)N1C[C@@H](CO)[C@@H](C(=O)O)C1. The molecule has 2 atom stereocenters. The van der Waals surface area contributed by atoms with E-state index >= 15 is 0 Å². The lowest BCUT2D eigenvalue weighted by Gasteiger charge is -2.24. The number of likely N-dealkylation sites (tertiary alicyclic amines) is 1. The first-order chi connectivity index (χ1) is 7.74. The zero-order valence-corrected chi connectivity index (χ0v) is 10.3. The van der Waals surface area contributed by atoms with E-state index in [0.29, 0.717) is 0 Å². The summed E-state index contributed by atoms with van der Waals surface area (Å²) in [5.74, 6) is -2.12. The van der Waals surface area contributed by atoms with Crippen molar-refractivity contribution in [2.75, 3.05) is 19.7 Å². The molecule has 0 aromatic carbocycles. The number of hydrogen-bond acceptors (Lipinski definition) is 4. The number of hydrogen-bond donors (Lipinski definition) is 2. The van der Waals surface area contributed by atoms with Gasteiger partial charge in [-0.2, -0.15) is 0 Å². The number of rotatable bonds is 2. The summed E-state index contributed by atoms with van der Waals surface area (Å²) in [5.41, 5.74) is -0.604. The number of nitrogens with zero attached hydrogens (tertiary/aromatic N) is 1. The van der Waals surface area contributed by atoms with Crippen molar-refractivity contribution in [1.29, 1.82) is 0 Å². The van der Waals surface area contributed by atoms with Crippen molar-refractivity contribution >= 4 is 12.1 Å². The Labute approximate surface area is 100 Å². The molecule has 1 amide bonds. The molecule has 2 N–H and O–H groups in total. The van der Waals surface area contributed by atoms with Crippen LogP contribution in [0.3, 0.4) is 0 Å². The van der Waals surface area contributed by atoms with Crippen molar-refractivity contribution in [2.24, 2.45) is 11.8 Å². The second-order valence-electron chi connectivity index (χ2n) is 5.27. The normalized spacial score (nSPS) is 24.8. The van der Waals surface area contributed by atoms with E-state index in [-0.39, 0.29) is 19.7 Å². The Kier molecular flexibility index (Phi) is 3.98. The van der Waals surface area contributed by atoms with Gasteiger partial charge in [0.2, 0.25) is 0 Å². The fourth-order valence-electron chi connectivity index (χ4n) is 1.81. The molecule has 0 unspecified atom stereocenters. The minimum absolute atomic E-state index is 0.0927. The molecule has 1 fully saturated rings. The molecule has 17 heavy (non-hydrogen) atoms. The first-order valence-corrected chi connectivity index (χ1v) is 5.56. The summed E-state index contributed by atoms with van der Waals surface area (Å²) in [5, 5.41) is 18.0. The Balaban J connectivity index is 2.64. The fourth-order valence-corrected chi connectivity index (χ4v) is 1.81. The Bertz CT molecular complexity index is 309. The highest BCUT2D eigenvalue weighted by Crippen LogP contribution is 2.25. The zero-order valence-electron chi connectivity index (χ0n) is 10.3. The highest BCUT2D eigenvalue weighted by Gasteiger charge is 2.40. The number of carboxylic acids is 1. The van der Waals surface area contributed by atoms with E-state index in [1.54, 1.807) is 20.8 Å². The molecule has 0 spiro atoms. The molecule has 1 heterocycles. The predicted molar refractivity (Wildman–Crippen MR) is 59.5 cm³/mol. The van der Waals surface area contributed by atoms with Gasteiger partial charge in [-0.1, -0.05) is 0 Å². The van der Waals surface area contributed by atoms with E-state index in [9.17, 15) is 9.59 Å². The molecular weight excluding hydrogens is 226 g/mol. The van der Waals surface area contributed by atoms with Crippen molar-refractivity contribution in [3.63, 3.8) is 0 Å². The Morgan fingerprint density at radius 1 is 1.35 bits per heavy atom. The van der Waals surface area contributed by atoms with Gasteiger partial charge in [0.05, 0.1) is 5.92 Å². The fraction of sp³-hybridized carbons (Fsp3) is 0.818. The average Bonchev–Trinajstić information content (AvgIpc) is 2.58. The highest BCUT2D eigenvalue weighted by atomic mass is 16.6. The predicted octanol–water partition coefficient (Wildman–Crippen LogP) is 0.546. The maximum absolute atomic E-state index is 11.7. The van der Waals surface area contributed by atoms with Crippen LogP contribution < -0.4 is 0 Å². The first kappa shape index (κ1) is 13.8. The summed E-state index contributed by atoms with van der Waals surface area (Å²) in [6.45, 7) is 5.33. The van der Waals surface area contributed by atoms with Gasteiger partial charge in [0, 0.05) is 25.6 Å². The molecule has 0 bridgehead atoms. The summed E-state index contributed by atoms with van der Waals surface area (Å²) in [6.07, 6.45) is -0.528. The van der Waals surface area contributed by atoms with Gasteiger partial charge in [0.15, 0.2) is 0 Å². The molecule has 0 aliphatic carbocycles. The monoisotopic (exact) mass is 245 g/mol. The van der Waals surface area contributed by atoms with Gasteiger partial charge in [-0.15, -0.1) is 0 Å². The number of amides is 1. The van der Waals surface area contributed by atoms with Gasteiger partial charge in [-0.25, -0.2) is 4.79 Å². The molecule has 0 aromatic heterocycles. The molecule has 1 aliphatic rings. The van der Waals surface area contributed by atoms with E-state index in [1.165, 1.54) is 4.90 Å². The second kappa shape index (κ2) is 4.91. The summed E-state index contributed by atoms with van der Waals surface area (Å²) in [7, 11) is 0. The second-order valence-corrected chi connectivity index (χ2v) is 5.27. The van der Waals surface area contributed by atoms with Crippen LogP contribution in [0.2, 0.25) is 0 Å². The maximum atomic E-state index is 11.7. The van der Waals surface area contributed by atoms with E-state index in [1.807, 2.05) is 0 Å². The molecule has 1 saturated heterocycles. The molecular formula is C11H19NO5. The van der Waals surface area contributed by atoms with E-state index in [0.717, 1.165) is 0 Å². The molecule has 98 valence electrons. The van der Waals surface area contributed by atoms with Gasteiger partial charge in [0.1, 0.15) is 5.60 Å². The van der Waals surface area contributed by atoms with Crippen molar-refractivity contribution in [3.8, 4) is 0 Å². The maximum Gasteiger partial charge on any atom is 0.410 e. The molecule has 1 aliphatic heterocycles. The van der Waals surface area contributed by atoms with Crippen LogP contribution in [0.15, 0.2) is 0 Å². The topological polar surface area (TPSA) is 87.1 Å². The Morgan fingerprint density at radius 2 is 1.94 bits per heavy atom. The van der Waals surface area contributed by atoms with Crippen molar-refractivity contribution in [3.05, 3.63) is 0 Å². The summed E-state index contributed by atoms with van der Waals surface area (Å²) in [4.78, 5) is 24.0. The number of ether oxygens (including phenoxy) is 1. The summed E-state index contributed by atoms with van der Waals surface area (Å²) < 4.78 is 5.15. The molecule has 1 rings (SSSR count). The van der Waals surface area contributed by atoms with Gasteiger partial charge >= 0.3 is 12.1 Å². The van der Waals surface area contributed by atoms with Crippen LogP contribution in [0.25, 0.3) is 0 Å². The lowest BCUT2D eigenvalue weighted by molar-refractivity contribution is -0.142. The first-order valence-electron chi connectivity index (χ1n) is 5.56. The molecule has 6 heteroatoms. The smallest absolute Gasteiger partial charge is 0.410 e. The van der Waals surface area contributed by atoms with Crippen LogP contribution in [-0.4, -0.2) is 52.5 Å². The largest absolute Gasteiger partial charge is 0.481 e. The Hall–Kier alpha value is -1.30. The third-order valence-corrected chi connectivity index (χ3v) is 2.64. The highest BCUT2D eigenvalue weighted by molar-refractivity contribution is 5.74. The van der Waals surface area contributed by atoms with Crippen LogP contribution in [-0.2, 0) is 9.53 Å². The number of aliphatic hydroxyl groups excluding tert-OH is 1. The summed E-state index contributed by atoms with van der Waals surface area (Å²) >= 11 is 0. The number of aliphatic hydroxyl groups is 1. The minimum atomic E-state index is -0.991. The number of carbonyl (C=O) groups excluding carboxylic acids is 1. The summed E-state index contributed by atoms with van der Waals surface area (Å²) in [6, 6.07) is 0. The molecule has 0 radical (unpaired) electrons. The number of carboxylic acid groups (broad SMARTS) is 1. The quantitative estimate of drug-likeness (QED) is 0.741. The number of carbonyl (C=O) groups is 2. The van der Waals surface area contributed by atoms with Crippen LogP contribution in [0, 0.1) is 11.8 Å². The molecule has 0 aromatic rings. The minimum Gasteiger partial charge on any atom is -0.481 e. The van der Waals surface area contributed by atoms with Crippen LogP contribution in [0.5, 0.6) is 0 Å². The van der Waals surface area contributed by atoms with E-state index < -0.39 is 29.5 Å². The van der Waals surface area contributed by atoms with Gasteiger partial charge in [0.25, 0.3) is 0 Å². The van der Waals surface area contributed by atoms with Gasteiger partial charge in [-0.3, -0.25) is 4.79 Å². The van der Waals surface area contributed by atoms with Crippen molar-refractivity contribution in [1.82, 2.24) is 4.90 Å². The molecule has 6 nitrogen and oxygen atoms in total. The van der Waals surface area contributed by atoms with Crippen molar-refractivity contribution < 1.29 is 24.5 Å². The van der Waals surface area contributed by atoms with E-state index in [2.05, 4.69) is 0 Å². The lowest BCUT2D eigenvalue weighted by Crippen LogP contribution is -2.36. The average molecular weight is 245 g/mol. The third kappa shape index (κ3) is 3.59.